The predicted octanol–water partition coefficient (Wildman–Crippen LogP) is 17.2. The minimum Gasteiger partial charge on any atom is -0.386 e. The van der Waals surface area contributed by atoms with Gasteiger partial charge in [0.25, 0.3) is 5.92 Å². The molecule has 5 aliphatic heterocycles. The van der Waals surface area contributed by atoms with E-state index in [9.17, 15) is 23.5 Å². The minimum atomic E-state index is -2.84. The van der Waals surface area contributed by atoms with Gasteiger partial charge in [-0.1, -0.05) is 280 Å². The van der Waals surface area contributed by atoms with E-state index in [0.717, 1.165) is 104 Å². The zero-order chi connectivity index (χ0) is 93.9. The van der Waals surface area contributed by atoms with Crippen molar-refractivity contribution in [3.05, 3.63) is 384 Å². The lowest BCUT2D eigenvalue weighted by Crippen LogP contribution is -2.58. The number of methoxy groups -OCH3 is 4. The lowest BCUT2D eigenvalue weighted by molar-refractivity contribution is -0.277. The number of aryl methyl sites for hydroxylation is 1. The Balaban J connectivity index is 0.000000133. The van der Waals surface area contributed by atoms with Crippen molar-refractivity contribution in [2.75, 3.05) is 118 Å². The van der Waals surface area contributed by atoms with E-state index in [4.69, 9.17) is 38.3 Å². The van der Waals surface area contributed by atoms with Crippen molar-refractivity contribution in [1.82, 2.24) is 48.9 Å². The first-order valence-corrected chi connectivity index (χ1v) is 46.4. The van der Waals surface area contributed by atoms with Gasteiger partial charge in [0.1, 0.15) is 30.2 Å². The number of rotatable bonds is 29. The average molecular weight is 1830 g/mol. The molecule has 1 N–H and O–H groups in total. The van der Waals surface area contributed by atoms with E-state index >= 15 is 0 Å². The van der Waals surface area contributed by atoms with Crippen LogP contribution < -0.4 is 24.5 Å². The molecule has 19 rings (SSSR count). The molecule has 706 valence electrons. The number of ketones is 2. The van der Waals surface area contributed by atoms with Gasteiger partial charge in [0, 0.05) is 168 Å². The van der Waals surface area contributed by atoms with Crippen LogP contribution in [0, 0.1) is 0 Å². The summed E-state index contributed by atoms with van der Waals surface area (Å²) in [7, 11) is 6.51. The summed E-state index contributed by atoms with van der Waals surface area (Å²) in [4.78, 5) is 34.0. The smallest absolute Gasteiger partial charge is 0.277 e. The summed E-state index contributed by atoms with van der Waals surface area (Å²) in [5.41, 5.74) is 10.5. The number of benzene rings is 9. The molecule has 0 radical (unpaired) electrons. The number of piperidine rings is 5. The van der Waals surface area contributed by atoms with Gasteiger partial charge in [0.15, 0.2) is 46.4 Å². The summed E-state index contributed by atoms with van der Waals surface area (Å²) >= 11 is 0. The third kappa shape index (κ3) is 28.7. The molecular weight excluding hydrogens is 1710 g/mol. The number of Topliss-reactive ketones (excluding diaryl/α,β-unsaturated/α-hetero) is 2. The van der Waals surface area contributed by atoms with E-state index < -0.39 is 35.8 Å². The van der Waals surface area contributed by atoms with Crippen LogP contribution in [0.15, 0.2) is 334 Å². The molecule has 9 aromatic carbocycles. The van der Waals surface area contributed by atoms with Crippen LogP contribution in [0.4, 0.5) is 37.9 Å². The highest BCUT2D eigenvalue weighted by molar-refractivity contribution is 5.85. The molecule has 27 heteroatoms. The summed E-state index contributed by atoms with van der Waals surface area (Å²) in [6.07, 6.45) is 11.3. The van der Waals surface area contributed by atoms with Gasteiger partial charge < -0.3 is 62.8 Å². The SMILES string of the molecule is CCc1ccccc1.COC1(OC)CCN(c2ccn(Cc3ccccc3)n2)CC1O.COC1(OC)CCN(c2ccn(Cc3ccccc3)n2)CC1OCc1ccccc1.FC1(F)CCN(c2ccn(Cc3ccccc3)n2)CC1OCc1ccccc1.O=C1CCN(c2ccn(Cc3ccccc3)n2)CC1.O=C1CCN(c2ccn(Cc3ccccc3)n2)CC1OCc1ccccc1. The zero-order valence-corrected chi connectivity index (χ0v) is 77.8. The molecule has 5 saturated heterocycles. The number of hydrogen-bond donors (Lipinski definition) is 1. The number of anilines is 5. The fourth-order valence-corrected chi connectivity index (χ4v) is 16.8. The van der Waals surface area contributed by atoms with Crippen molar-refractivity contribution in [3.63, 3.8) is 0 Å². The maximum Gasteiger partial charge on any atom is 0.277 e. The molecule has 0 spiro atoms. The second kappa shape index (κ2) is 49.8. The van der Waals surface area contributed by atoms with Crippen molar-refractivity contribution < 1.29 is 56.6 Å². The van der Waals surface area contributed by atoms with Crippen LogP contribution in [0.3, 0.4) is 0 Å². The standard InChI is InChI=1S/C24H29N3O3.C22H23F2N3O.C22H23N3O2.C17H23N3O3.C15H17N3O.C8H10/c1-28-24(29-2)14-16-26(18-22(24)30-19-21-11-7-4-8-12-21)23-13-15-27(25-23)17-20-9-5-3-6-10-20;23-22(24)12-14-26(16-20(22)28-17-19-9-5-2-6-10-19)21-11-13-27(25-21)15-18-7-3-1-4-8-18;26-20-11-13-24(16-21(20)27-17-19-9-5-2-6-10-19)22-12-14-25(23-22)15-18-7-3-1-4-8-18;1-22-17(23-2)9-11-19(13-15(17)21)16-8-10-20(18-16)12-14-6-4-3-5-7-14;19-14-6-9-17(10-7-14)15-8-11-18(16-15)12-13-4-2-1-3-5-13;1-2-8-6-4-3-5-7-8/h3-13,15,22H,14,16-19H2,1-2H3;1-11,13,20H,12,14-17H2;1-10,12,14,21H,11,13,15-17H2;3-8,10,15,21H,9,11-13H2,1-2H3;1-5,8,11H,6-7,9-10,12H2;3-7H,2H2,1H3. The number of halogens is 2. The maximum atomic E-state index is 14.4. The number of alkyl halides is 2. The van der Waals surface area contributed by atoms with E-state index in [0.29, 0.717) is 89.6 Å². The second-order valence-corrected chi connectivity index (χ2v) is 34.0. The van der Waals surface area contributed by atoms with Gasteiger partial charge in [-0.05, 0) is 56.5 Å². The topological polar surface area (TPSA) is 224 Å². The molecule has 5 aliphatic rings. The molecule has 0 aliphatic carbocycles. The number of β-amino-alcohol motifs (C(OH)–C–C–N with tert-alkyl or cyclic N) is 1. The number of aromatic nitrogens is 10. The first-order valence-electron chi connectivity index (χ1n) is 46.4. The van der Waals surface area contributed by atoms with Gasteiger partial charge in [0.2, 0.25) is 0 Å². The number of hydrogen-bond acceptors (Lipinski definition) is 20. The van der Waals surface area contributed by atoms with Crippen LogP contribution in [0.1, 0.15) is 95.5 Å². The Bertz CT molecular complexity index is 5750. The zero-order valence-electron chi connectivity index (χ0n) is 77.8. The Morgan fingerprint density at radius 2 is 0.585 bits per heavy atom. The first-order chi connectivity index (χ1) is 66.0. The Hall–Kier alpha value is -13.1. The molecule has 0 saturated carbocycles. The van der Waals surface area contributed by atoms with Crippen molar-refractivity contribution in [2.45, 2.75) is 146 Å². The highest BCUT2D eigenvalue weighted by Crippen LogP contribution is 2.36. The molecule has 4 unspecified atom stereocenters. The van der Waals surface area contributed by atoms with Crippen LogP contribution >= 0.6 is 0 Å². The highest BCUT2D eigenvalue weighted by atomic mass is 19.3. The number of carbonyl (C=O) groups excluding carboxylic acids is 2. The molecule has 0 bridgehead atoms. The Morgan fingerprint density at radius 1 is 0.311 bits per heavy atom. The fourth-order valence-electron chi connectivity index (χ4n) is 16.8. The quantitative estimate of drug-likeness (QED) is 0.0430. The monoisotopic (exact) mass is 1830 g/mol. The van der Waals surface area contributed by atoms with Crippen molar-refractivity contribution in [1.29, 1.82) is 0 Å². The largest absolute Gasteiger partial charge is 0.386 e. The summed E-state index contributed by atoms with van der Waals surface area (Å²) in [5, 5.41) is 33.6. The summed E-state index contributed by atoms with van der Waals surface area (Å²) < 4.78 is 78.5. The molecule has 10 heterocycles. The van der Waals surface area contributed by atoms with E-state index in [1.165, 1.54) is 27.8 Å². The van der Waals surface area contributed by atoms with Gasteiger partial charge in [-0.15, -0.1) is 0 Å². The van der Waals surface area contributed by atoms with Gasteiger partial charge >= 0.3 is 0 Å². The van der Waals surface area contributed by atoms with Gasteiger partial charge in [0.05, 0.1) is 78.7 Å². The minimum absolute atomic E-state index is 0.127. The molecule has 25 nitrogen and oxygen atoms in total. The maximum absolute atomic E-state index is 14.4. The molecule has 14 aromatic rings. The fraction of sp³-hybridized carbons (Fsp3) is 0.343. The van der Waals surface area contributed by atoms with Gasteiger partial charge in [-0.2, -0.15) is 25.5 Å². The van der Waals surface area contributed by atoms with Crippen LogP contribution in [-0.2, 0) is 102 Å². The Labute approximate surface area is 790 Å². The van der Waals surface area contributed by atoms with Gasteiger partial charge in [-0.3, -0.25) is 33.0 Å². The average Bonchev–Trinajstić information content (AvgIpc) is 1.22. The number of aliphatic hydroxyl groups is 1. The lowest BCUT2D eigenvalue weighted by Gasteiger charge is -2.45. The second-order valence-electron chi connectivity index (χ2n) is 34.0. The molecular formula is C108H125F2N15O10. The summed E-state index contributed by atoms with van der Waals surface area (Å²) in [5.74, 6) is 0.417. The Morgan fingerprint density at radius 3 is 0.911 bits per heavy atom. The number of nitrogens with zero attached hydrogens (tertiary/aromatic N) is 15. The van der Waals surface area contributed by atoms with Crippen LogP contribution in [0.5, 0.6) is 0 Å². The summed E-state index contributed by atoms with van der Waals surface area (Å²) in [6.45, 7) is 12.8. The molecule has 5 aromatic heterocycles. The lowest BCUT2D eigenvalue weighted by atomic mass is 9.99. The van der Waals surface area contributed by atoms with Crippen molar-refractivity contribution in [2.24, 2.45) is 0 Å². The number of ether oxygens (including phenoxy) is 7. The molecule has 135 heavy (non-hydrogen) atoms. The normalized spacial score (nSPS) is 17.8. The van der Waals surface area contributed by atoms with E-state index in [-0.39, 0.29) is 38.0 Å². The molecule has 5 fully saturated rings. The third-order valence-electron chi connectivity index (χ3n) is 24.7. The summed E-state index contributed by atoms with van der Waals surface area (Å²) in [6, 6.07) is 101. The molecule has 4 atom stereocenters. The van der Waals surface area contributed by atoms with Crippen molar-refractivity contribution in [3.8, 4) is 0 Å². The molecule has 0 amide bonds. The van der Waals surface area contributed by atoms with E-state index in [1.54, 1.807) is 28.4 Å². The number of aliphatic hydroxyl groups excluding tert-OH is 1. The van der Waals surface area contributed by atoms with E-state index in [1.807, 2.05) is 272 Å². The van der Waals surface area contributed by atoms with Crippen molar-refractivity contribution >= 4 is 40.7 Å². The van der Waals surface area contributed by atoms with Gasteiger partial charge in [-0.25, -0.2) is 8.78 Å². The van der Waals surface area contributed by atoms with Crippen LogP contribution in [0.25, 0.3) is 0 Å². The third-order valence-corrected chi connectivity index (χ3v) is 24.7. The number of carbonyl (C=O) groups is 2. The Kier molecular flexibility index (Phi) is 36.1. The first kappa shape index (κ1) is 97.9. The predicted molar refractivity (Wildman–Crippen MR) is 523 cm³/mol. The van der Waals surface area contributed by atoms with Crippen LogP contribution in [0.2, 0.25) is 0 Å². The van der Waals surface area contributed by atoms with Crippen LogP contribution in [-0.4, -0.2) is 201 Å². The highest BCUT2D eigenvalue weighted by Gasteiger charge is 2.48. The van der Waals surface area contributed by atoms with E-state index in [2.05, 4.69) is 138 Å².